The number of halogens is 1. The Bertz CT molecular complexity index is 343. The lowest BCUT2D eigenvalue weighted by molar-refractivity contribution is 0.0697. The Labute approximate surface area is 78.9 Å². The molecule has 0 aliphatic heterocycles. The van der Waals surface area contributed by atoms with Crippen LogP contribution >= 0.6 is 11.6 Å². The van der Waals surface area contributed by atoms with Gasteiger partial charge < -0.3 is 10.8 Å². The second-order valence-corrected chi connectivity index (χ2v) is 2.83. The lowest BCUT2D eigenvalue weighted by Crippen LogP contribution is -2.12. The van der Waals surface area contributed by atoms with Gasteiger partial charge in [0.25, 0.3) is 0 Å². The topological polar surface area (TPSA) is 80.4 Å². The molecule has 1 rings (SSSR count). The minimum Gasteiger partial charge on any atom is -0.478 e. The molecule has 0 aliphatic rings. The van der Waals surface area contributed by atoms with Crippen molar-refractivity contribution in [1.29, 1.82) is 0 Å². The summed E-state index contributed by atoms with van der Waals surface area (Å²) in [6, 6.07) is 3.74. The molecule has 0 saturated heterocycles. The Morgan fingerprint density at radius 1 is 1.23 bits per heavy atom. The molecule has 5 heteroatoms. The van der Waals surface area contributed by atoms with Gasteiger partial charge in [0, 0.05) is 10.6 Å². The van der Waals surface area contributed by atoms with Crippen LogP contribution in [0.3, 0.4) is 0 Å². The highest BCUT2D eigenvalue weighted by Crippen LogP contribution is 2.14. The third-order valence-corrected chi connectivity index (χ3v) is 1.65. The number of carbonyl (C=O) groups excluding carboxylic acids is 1. The number of primary amides is 1. The van der Waals surface area contributed by atoms with Crippen molar-refractivity contribution in [3.63, 3.8) is 0 Å². The molecule has 0 saturated carbocycles. The molecule has 0 atom stereocenters. The Balaban J connectivity index is 3.26. The Hall–Kier alpha value is -1.55. The zero-order valence-corrected chi connectivity index (χ0v) is 7.21. The summed E-state index contributed by atoms with van der Waals surface area (Å²) in [6.45, 7) is 0. The maximum absolute atomic E-state index is 10.7. The van der Waals surface area contributed by atoms with Gasteiger partial charge in [0.15, 0.2) is 0 Å². The molecule has 13 heavy (non-hydrogen) atoms. The Kier molecular flexibility index (Phi) is 2.53. The zero-order valence-electron chi connectivity index (χ0n) is 6.45. The van der Waals surface area contributed by atoms with Crippen LogP contribution in [0.2, 0.25) is 5.02 Å². The van der Waals surface area contributed by atoms with E-state index in [1.807, 2.05) is 0 Å². The fraction of sp³-hybridized carbons (Fsp3) is 0. The summed E-state index contributed by atoms with van der Waals surface area (Å²) in [6.07, 6.45) is 0. The second-order valence-electron chi connectivity index (χ2n) is 2.40. The number of amides is 1. The smallest absolute Gasteiger partial charge is 0.335 e. The standard InChI is InChI=1S/C8H6ClNO3/c9-6-2-4(7(10)11)1-5(3-6)8(12)13/h1-3H,(H2,10,11)(H,12,13). The van der Waals surface area contributed by atoms with Gasteiger partial charge in [-0.05, 0) is 18.2 Å². The van der Waals surface area contributed by atoms with Crippen molar-refractivity contribution in [3.8, 4) is 0 Å². The van der Waals surface area contributed by atoms with Crippen LogP contribution in [-0.2, 0) is 0 Å². The van der Waals surface area contributed by atoms with Gasteiger partial charge in [-0.3, -0.25) is 4.79 Å². The van der Waals surface area contributed by atoms with E-state index in [4.69, 9.17) is 22.4 Å². The largest absolute Gasteiger partial charge is 0.478 e. The zero-order chi connectivity index (χ0) is 10.0. The third kappa shape index (κ3) is 2.19. The van der Waals surface area contributed by atoms with E-state index in [1.54, 1.807) is 0 Å². The number of benzene rings is 1. The van der Waals surface area contributed by atoms with Crippen LogP contribution in [0.25, 0.3) is 0 Å². The van der Waals surface area contributed by atoms with Crippen molar-refractivity contribution in [2.45, 2.75) is 0 Å². The summed E-state index contributed by atoms with van der Waals surface area (Å²) in [5.74, 6) is -1.85. The van der Waals surface area contributed by atoms with Gasteiger partial charge in [0.05, 0.1) is 5.56 Å². The SMILES string of the molecule is NC(=O)c1cc(Cl)cc(C(=O)O)c1. The predicted octanol–water partition coefficient (Wildman–Crippen LogP) is 1.14. The van der Waals surface area contributed by atoms with E-state index in [2.05, 4.69) is 0 Å². The summed E-state index contributed by atoms with van der Waals surface area (Å²) in [7, 11) is 0. The summed E-state index contributed by atoms with van der Waals surface area (Å²) in [5, 5.41) is 8.78. The second kappa shape index (κ2) is 3.45. The van der Waals surface area contributed by atoms with Crippen molar-refractivity contribution in [2.75, 3.05) is 0 Å². The first-order chi connectivity index (χ1) is 6.00. The molecule has 4 nitrogen and oxygen atoms in total. The lowest BCUT2D eigenvalue weighted by atomic mass is 10.1. The van der Waals surface area contributed by atoms with Crippen LogP contribution < -0.4 is 5.73 Å². The van der Waals surface area contributed by atoms with Gasteiger partial charge in [-0.2, -0.15) is 0 Å². The molecule has 0 bridgehead atoms. The number of nitrogens with two attached hydrogens (primary N) is 1. The van der Waals surface area contributed by atoms with Gasteiger partial charge in [-0.25, -0.2) is 4.79 Å². The minimum atomic E-state index is -1.15. The number of hydrogen-bond donors (Lipinski definition) is 2. The molecule has 0 aromatic heterocycles. The van der Waals surface area contributed by atoms with E-state index in [1.165, 1.54) is 18.2 Å². The predicted molar refractivity (Wildman–Crippen MR) is 46.9 cm³/mol. The van der Waals surface area contributed by atoms with Crippen molar-refractivity contribution < 1.29 is 14.7 Å². The van der Waals surface area contributed by atoms with E-state index in [0.717, 1.165) is 0 Å². The number of carboxylic acid groups (broad SMARTS) is 1. The van der Waals surface area contributed by atoms with Crippen LogP contribution in [0.4, 0.5) is 0 Å². The highest BCUT2D eigenvalue weighted by molar-refractivity contribution is 6.31. The van der Waals surface area contributed by atoms with E-state index < -0.39 is 11.9 Å². The quantitative estimate of drug-likeness (QED) is 0.750. The summed E-state index contributed by atoms with van der Waals surface area (Å²) in [4.78, 5) is 21.2. The maximum atomic E-state index is 10.7. The fourth-order valence-corrected chi connectivity index (χ4v) is 1.09. The first kappa shape index (κ1) is 9.54. The molecule has 1 amide bonds. The normalized spacial score (nSPS) is 9.62. The van der Waals surface area contributed by atoms with Crippen molar-refractivity contribution in [2.24, 2.45) is 5.73 Å². The number of carbonyl (C=O) groups is 2. The molecular formula is C8H6ClNO3. The molecule has 68 valence electrons. The molecule has 0 unspecified atom stereocenters. The van der Waals surface area contributed by atoms with Gasteiger partial charge >= 0.3 is 5.97 Å². The molecule has 0 fully saturated rings. The lowest BCUT2D eigenvalue weighted by Gasteiger charge is -1.99. The maximum Gasteiger partial charge on any atom is 0.335 e. The highest BCUT2D eigenvalue weighted by Gasteiger charge is 2.08. The molecule has 3 N–H and O–H groups in total. The van der Waals surface area contributed by atoms with Gasteiger partial charge in [0.2, 0.25) is 5.91 Å². The molecule has 0 aliphatic carbocycles. The first-order valence-electron chi connectivity index (χ1n) is 3.34. The average Bonchev–Trinajstić information content (AvgIpc) is 2.03. The summed E-state index contributed by atoms with van der Waals surface area (Å²) in [5.41, 5.74) is 4.99. The average molecular weight is 200 g/mol. The van der Waals surface area contributed by atoms with Gasteiger partial charge in [-0.15, -0.1) is 0 Å². The van der Waals surface area contributed by atoms with Crippen LogP contribution in [0.1, 0.15) is 20.7 Å². The van der Waals surface area contributed by atoms with Gasteiger partial charge in [-0.1, -0.05) is 11.6 Å². The van der Waals surface area contributed by atoms with E-state index in [0.29, 0.717) is 0 Å². The van der Waals surface area contributed by atoms with Crippen LogP contribution in [0, 0.1) is 0 Å². The van der Waals surface area contributed by atoms with Crippen LogP contribution in [0.15, 0.2) is 18.2 Å². The van der Waals surface area contributed by atoms with Crippen LogP contribution in [-0.4, -0.2) is 17.0 Å². The molecule has 0 radical (unpaired) electrons. The van der Waals surface area contributed by atoms with Crippen molar-refractivity contribution in [1.82, 2.24) is 0 Å². The Morgan fingerprint density at radius 3 is 2.23 bits per heavy atom. The Morgan fingerprint density at radius 2 is 1.77 bits per heavy atom. The third-order valence-electron chi connectivity index (χ3n) is 1.43. The number of carboxylic acids is 1. The minimum absolute atomic E-state index is 0.0544. The van der Waals surface area contributed by atoms with E-state index >= 15 is 0 Å². The number of aromatic carboxylic acids is 1. The first-order valence-corrected chi connectivity index (χ1v) is 3.72. The molecule has 1 aromatic rings. The molecule has 0 spiro atoms. The monoisotopic (exact) mass is 199 g/mol. The number of rotatable bonds is 2. The highest BCUT2D eigenvalue weighted by atomic mass is 35.5. The number of hydrogen-bond acceptors (Lipinski definition) is 2. The molecule has 1 aromatic carbocycles. The van der Waals surface area contributed by atoms with Crippen LogP contribution in [0.5, 0.6) is 0 Å². The van der Waals surface area contributed by atoms with E-state index in [-0.39, 0.29) is 16.1 Å². The van der Waals surface area contributed by atoms with Gasteiger partial charge in [0.1, 0.15) is 0 Å². The van der Waals surface area contributed by atoms with E-state index in [9.17, 15) is 9.59 Å². The molecule has 0 heterocycles. The van der Waals surface area contributed by atoms with Crippen molar-refractivity contribution >= 4 is 23.5 Å². The fourth-order valence-electron chi connectivity index (χ4n) is 0.855. The summed E-state index contributed by atoms with van der Waals surface area (Å²) < 4.78 is 0. The molecular weight excluding hydrogens is 194 g/mol. The van der Waals surface area contributed by atoms with Crippen molar-refractivity contribution in [3.05, 3.63) is 34.3 Å². The summed E-state index contributed by atoms with van der Waals surface area (Å²) >= 11 is 5.57.